The van der Waals surface area contributed by atoms with Crippen LogP contribution in [0, 0.1) is 0 Å². The van der Waals surface area contributed by atoms with E-state index in [2.05, 4.69) is 10.2 Å². The predicted octanol–water partition coefficient (Wildman–Crippen LogP) is 5.73. The lowest BCUT2D eigenvalue weighted by Gasteiger charge is -2.39. The Morgan fingerprint density at radius 2 is 1.68 bits per heavy atom. The second-order valence-corrected chi connectivity index (χ2v) is 13.4. The molecule has 0 atom stereocenters. The normalized spacial score (nSPS) is 15.6. The number of carbonyl (C=O) groups excluding carboxylic acids is 2. The van der Waals surface area contributed by atoms with Gasteiger partial charge in [-0.1, -0.05) is 12.1 Å². The third-order valence-electron chi connectivity index (χ3n) is 7.20. The minimum atomic E-state index is -0.717. The van der Waals surface area contributed by atoms with E-state index >= 15 is 0 Å². The van der Waals surface area contributed by atoms with Crippen LogP contribution in [0.15, 0.2) is 55.0 Å². The number of ether oxygens (including phenoxy) is 3. The van der Waals surface area contributed by atoms with E-state index in [1.165, 1.54) is 0 Å². The van der Waals surface area contributed by atoms with Gasteiger partial charge in [-0.15, -0.1) is 0 Å². The Bertz CT molecular complexity index is 1640. The Morgan fingerprint density at radius 3 is 2.30 bits per heavy atom. The summed E-state index contributed by atoms with van der Waals surface area (Å²) in [4.78, 5) is 34.2. The number of rotatable bonds is 7. The number of likely N-dealkylation sites (tertiary alicyclic amines) is 1. The summed E-state index contributed by atoms with van der Waals surface area (Å²) in [6.07, 6.45) is 6.41. The first-order valence-electron chi connectivity index (χ1n) is 15.0. The molecule has 1 aliphatic heterocycles. The molecule has 2 amide bonds. The molecule has 0 unspecified atom stereocenters. The standard InChI is InChI=1S/C32H39N7O5/c1-31(2,3)43-29(40)36-19-24(20-36)42-26-16-27(39-28(35-26)25(17-34-39)22-10-11-22)37(30(41)44-32(4,5)6)18-21-8-12-23(13-9-21)38-15-7-14-33-38/h7-9,12-17,22,24H,10-11,18-20H2,1-6H3. The Hall–Kier alpha value is -4.61. The lowest BCUT2D eigenvalue weighted by atomic mass is 10.1. The summed E-state index contributed by atoms with van der Waals surface area (Å²) in [5, 5.41) is 8.96. The Labute approximate surface area is 256 Å². The number of benzene rings is 1. The number of aromatic nitrogens is 5. The van der Waals surface area contributed by atoms with Crippen LogP contribution in [-0.4, -0.2) is 71.9 Å². The molecule has 232 valence electrons. The Morgan fingerprint density at radius 1 is 0.977 bits per heavy atom. The van der Waals surface area contributed by atoms with Crippen LogP contribution in [0.4, 0.5) is 15.4 Å². The molecule has 2 aliphatic rings. The number of hydrogen-bond donors (Lipinski definition) is 0. The molecule has 44 heavy (non-hydrogen) atoms. The number of carbonyl (C=O) groups is 2. The van der Waals surface area contributed by atoms with E-state index < -0.39 is 17.3 Å². The van der Waals surface area contributed by atoms with E-state index in [-0.39, 0.29) is 18.7 Å². The molecule has 1 saturated heterocycles. The van der Waals surface area contributed by atoms with Gasteiger partial charge in [0.2, 0.25) is 5.88 Å². The maximum absolute atomic E-state index is 13.8. The molecule has 6 rings (SSSR count). The minimum Gasteiger partial charge on any atom is -0.470 e. The van der Waals surface area contributed by atoms with Gasteiger partial charge in [0, 0.05) is 24.0 Å². The van der Waals surface area contributed by atoms with Gasteiger partial charge in [0.25, 0.3) is 0 Å². The largest absolute Gasteiger partial charge is 0.470 e. The van der Waals surface area contributed by atoms with Gasteiger partial charge in [-0.2, -0.15) is 19.7 Å². The Balaban J connectivity index is 1.31. The van der Waals surface area contributed by atoms with Crippen molar-refractivity contribution >= 4 is 23.7 Å². The Kier molecular flexibility index (Phi) is 7.46. The van der Waals surface area contributed by atoms with Gasteiger partial charge >= 0.3 is 12.2 Å². The van der Waals surface area contributed by atoms with Crippen molar-refractivity contribution in [3.8, 4) is 11.6 Å². The van der Waals surface area contributed by atoms with Crippen LogP contribution < -0.4 is 9.64 Å². The SMILES string of the molecule is CC(C)(C)OC(=O)N1CC(Oc2cc(N(Cc3ccc(-n4cccn4)cc3)C(=O)OC(C)(C)C)n3ncc(C4CC4)c3n2)C1. The van der Waals surface area contributed by atoms with Gasteiger partial charge in [0.15, 0.2) is 5.65 Å². The smallest absolute Gasteiger partial charge is 0.416 e. The van der Waals surface area contributed by atoms with Crippen molar-refractivity contribution in [2.24, 2.45) is 0 Å². The zero-order chi connectivity index (χ0) is 31.2. The molecule has 1 aromatic carbocycles. The molecule has 0 N–H and O–H groups in total. The summed E-state index contributed by atoms with van der Waals surface area (Å²) in [7, 11) is 0. The minimum absolute atomic E-state index is 0.224. The van der Waals surface area contributed by atoms with Crippen LogP contribution in [0.25, 0.3) is 11.3 Å². The quantitative estimate of drug-likeness (QED) is 0.264. The second-order valence-electron chi connectivity index (χ2n) is 13.4. The van der Waals surface area contributed by atoms with Crippen molar-refractivity contribution in [3.05, 3.63) is 66.1 Å². The van der Waals surface area contributed by atoms with Crippen LogP contribution in [0.5, 0.6) is 5.88 Å². The molecular weight excluding hydrogens is 562 g/mol. The topological polar surface area (TPSA) is 116 Å². The fourth-order valence-corrected chi connectivity index (χ4v) is 4.95. The van der Waals surface area contributed by atoms with Gasteiger partial charge in [-0.05, 0) is 84.1 Å². The monoisotopic (exact) mass is 601 g/mol. The molecule has 3 aromatic heterocycles. The van der Waals surface area contributed by atoms with Crippen molar-refractivity contribution in [2.45, 2.75) is 84.2 Å². The summed E-state index contributed by atoms with van der Waals surface area (Å²) in [5.41, 5.74) is 2.17. The highest BCUT2D eigenvalue weighted by Crippen LogP contribution is 2.42. The maximum Gasteiger partial charge on any atom is 0.416 e. The molecule has 0 spiro atoms. The van der Waals surface area contributed by atoms with Gasteiger partial charge in [0.1, 0.15) is 23.1 Å². The molecule has 12 heteroatoms. The third kappa shape index (κ3) is 6.63. The summed E-state index contributed by atoms with van der Waals surface area (Å²) in [6, 6.07) is 11.4. The predicted molar refractivity (Wildman–Crippen MR) is 163 cm³/mol. The van der Waals surface area contributed by atoms with Gasteiger partial charge in [-0.25, -0.2) is 14.3 Å². The lowest BCUT2D eigenvalue weighted by Crippen LogP contribution is -2.57. The zero-order valence-corrected chi connectivity index (χ0v) is 26.1. The summed E-state index contributed by atoms with van der Waals surface area (Å²) in [5.74, 6) is 1.20. The highest BCUT2D eigenvalue weighted by Gasteiger charge is 2.37. The van der Waals surface area contributed by atoms with Crippen LogP contribution in [-0.2, 0) is 16.0 Å². The lowest BCUT2D eigenvalue weighted by molar-refractivity contribution is -0.0232. The highest BCUT2D eigenvalue weighted by molar-refractivity contribution is 5.87. The molecule has 4 heterocycles. The van der Waals surface area contributed by atoms with Crippen LogP contribution in [0.1, 0.15) is 71.4 Å². The van der Waals surface area contributed by atoms with Crippen LogP contribution >= 0.6 is 0 Å². The van der Waals surface area contributed by atoms with Gasteiger partial charge in [-0.3, -0.25) is 4.90 Å². The molecule has 2 fully saturated rings. The van der Waals surface area contributed by atoms with Crippen molar-refractivity contribution in [1.82, 2.24) is 29.3 Å². The second kappa shape index (κ2) is 11.1. The summed E-state index contributed by atoms with van der Waals surface area (Å²) >= 11 is 0. The number of fused-ring (bicyclic) bond motifs is 1. The first-order chi connectivity index (χ1) is 20.8. The summed E-state index contributed by atoms with van der Waals surface area (Å²) in [6.45, 7) is 12.0. The van der Waals surface area contributed by atoms with Crippen molar-refractivity contribution in [3.63, 3.8) is 0 Å². The maximum atomic E-state index is 13.8. The fraction of sp³-hybridized carbons (Fsp3) is 0.469. The molecule has 4 aromatic rings. The van der Waals surface area contributed by atoms with E-state index in [4.69, 9.17) is 19.2 Å². The van der Waals surface area contributed by atoms with E-state index in [1.54, 1.807) is 31.3 Å². The summed E-state index contributed by atoms with van der Waals surface area (Å²) < 4.78 is 21.1. The fourth-order valence-electron chi connectivity index (χ4n) is 4.95. The molecule has 0 radical (unpaired) electrons. The van der Waals surface area contributed by atoms with Crippen molar-refractivity contribution < 1.29 is 23.8 Å². The number of hydrogen-bond acceptors (Lipinski definition) is 8. The molecular formula is C32H39N7O5. The van der Waals surface area contributed by atoms with Crippen molar-refractivity contribution in [2.75, 3.05) is 18.0 Å². The number of nitrogens with zero attached hydrogens (tertiary/aromatic N) is 7. The van der Waals surface area contributed by atoms with Gasteiger partial charge in [0.05, 0.1) is 31.5 Å². The highest BCUT2D eigenvalue weighted by atomic mass is 16.6. The third-order valence-corrected chi connectivity index (χ3v) is 7.20. The average Bonchev–Trinajstić information content (AvgIpc) is 3.42. The van der Waals surface area contributed by atoms with Crippen LogP contribution in [0.2, 0.25) is 0 Å². The zero-order valence-electron chi connectivity index (χ0n) is 26.1. The number of amides is 2. The van der Waals surface area contributed by atoms with E-state index in [9.17, 15) is 9.59 Å². The molecule has 1 aliphatic carbocycles. The average molecular weight is 602 g/mol. The van der Waals surface area contributed by atoms with E-state index in [1.807, 2.05) is 84.3 Å². The molecule has 0 bridgehead atoms. The molecule has 12 nitrogen and oxygen atoms in total. The van der Waals surface area contributed by atoms with Gasteiger partial charge < -0.3 is 19.1 Å². The first kappa shape index (κ1) is 29.5. The van der Waals surface area contributed by atoms with Crippen LogP contribution in [0.3, 0.4) is 0 Å². The van der Waals surface area contributed by atoms with E-state index in [0.29, 0.717) is 36.4 Å². The van der Waals surface area contributed by atoms with Crippen molar-refractivity contribution in [1.29, 1.82) is 0 Å². The molecule has 1 saturated carbocycles. The first-order valence-corrected chi connectivity index (χ1v) is 15.0. The number of anilines is 1. The van der Waals surface area contributed by atoms with E-state index in [0.717, 1.165) is 29.7 Å².